The Bertz CT molecular complexity index is 433. The van der Waals surface area contributed by atoms with E-state index < -0.39 is 0 Å². The van der Waals surface area contributed by atoms with Gasteiger partial charge in [-0.25, -0.2) is 4.98 Å². The maximum atomic E-state index is 10.4. The number of hydrogen-bond acceptors (Lipinski definition) is 3. The molecule has 3 heteroatoms. The lowest BCUT2D eigenvalue weighted by Gasteiger charge is -1.87. The molecule has 0 unspecified atom stereocenters. The van der Waals surface area contributed by atoms with Crippen LogP contribution in [0.15, 0.2) is 18.2 Å². The highest BCUT2D eigenvalue weighted by Gasteiger charge is 1.99. The average molecular weight is 177 g/mol. The second-order valence-corrected chi connectivity index (χ2v) is 3.81. The van der Waals surface area contributed by atoms with Gasteiger partial charge in [-0.15, -0.1) is 11.3 Å². The highest BCUT2D eigenvalue weighted by atomic mass is 32.1. The number of hydrogen-bond donors (Lipinski definition) is 0. The first-order chi connectivity index (χ1) is 5.79. The highest BCUT2D eigenvalue weighted by molar-refractivity contribution is 7.18. The van der Waals surface area contributed by atoms with Crippen LogP contribution in [-0.4, -0.2) is 11.3 Å². The zero-order valence-electron chi connectivity index (χ0n) is 6.57. The molecule has 0 saturated carbocycles. The average Bonchev–Trinajstić information content (AvgIpc) is 2.43. The number of carbonyl (C=O) groups is 1. The summed E-state index contributed by atoms with van der Waals surface area (Å²) in [5.74, 6) is 0. The van der Waals surface area contributed by atoms with Gasteiger partial charge in [0.15, 0.2) is 0 Å². The Hall–Kier alpha value is -1.22. The lowest BCUT2D eigenvalue weighted by Crippen LogP contribution is -1.77. The van der Waals surface area contributed by atoms with E-state index in [4.69, 9.17) is 0 Å². The van der Waals surface area contributed by atoms with Crippen molar-refractivity contribution in [1.29, 1.82) is 0 Å². The third kappa shape index (κ3) is 1.12. The van der Waals surface area contributed by atoms with Crippen LogP contribution in [0, 0.1) is 6.92 Å². The number of aryl methyl sites for hydroxylation is 1. The number of fused-ring (bicyclic) bond motifs is 1. The summed E-state index contributed by atoms with van der Waals surface area (Å²) < 4.78 is 1.14. The number of benzene rings is 1. The quantitative estimate of drug-likeness (QED) is 0.626. The van der Waals surface area contributed by atoms with Crippen molar-refractivity contribution in [1.82, 2.24) is 4.98 Å². The SMILES string of the molecule is Cc1nc2cc(C=O)ccc2s1. The Balaban J connectivity index is 2.74. The second kappa shape index (κ2) is 2.68. The van der Waals surface area contributed by atoms with E-state index in [1.54, 1.807) is 11.3 Å². The smallest absolute Gasteiger partial charge is 0.150 e. The summed E-state index contributed by atoms with van der Waals surface area (Å²) in [6, 6.07) is 5.56. The molecular weight excluding hydrogens is 170 g/mol. The molecule has 0 aliphatic heterocycles. The molecule has 0 N–H and O–H groups in total. The lowest BCUT2D eigenvalue weighted by molar-refractivity contribution is 0.112. The molecule has 0 saturated heterocycles. The van der Waals surface area contributed by atoms with Crippen molar-refractivity contribution < 1.29 is 4.79 Å². The fourth-order valence-corrected chi connectivity index (χ4v) is 1.94. The number of aromatic nitrogens is 1. The summed E-state index contributed by atoms with van der Waals surface area (Å²) in [7, 11) is 0. The molecule has 1 heterocycles. The van der Waals surface area contributed by atoms with Crippen molar-refractivity contribution in [3.63, 3.8) is 0 Å². The highest BCUT2D eigenvalue weighted by Crippen LogP contribution is 2.21. The molecule has 1 aromatic carbocycles. The Labute approximate surface area is 73.9 Å². The summed E-state index contributed by atoms with van der Waals surface area (Å²) in [5.41, 5.74) is 1.61. The maximum Gasteiger partial charge on any atom is 0.150 e. The molecule has 0 aliphatic rings. The predicted molar refractivity (Wildman–Crippen MR) is 49.7 cm³/mol. The summed E-state index contributed by atoms with van der Waals surface area (Å²) >= 11 is 1.64. The van der Waals surface area contributed by atoms with Gasteiger partial charge in [0.2, 0.25) is 0 Å². The molecule has 2 nitrogen and oxygen atoms in total. The van der Waals surface area contributed by atoms with Gasteiger partial charge in [-0.3, -0.25) is 4.79 Å². The standard InChI is InChI=1S/C9H7NOS/c1-6-10-8-4-7(5-11)2-3-9(8)12-6/h2-5H,1H3. The van der Waals surface area contributed by atoms with E-state index in [1.807, 2.05) is 25.1 Å². The van der Waals surface area contributed by atoms with Gasteiger partial charge in [-0.2, -0.15) is 0 Å². The monoisotopic (exact) mass is 177 g/mol. The normalized spacial score (nSPS) is 10.4. The van der Waals surface area contributed by atoms with E-state index in [2.05, 4.69) is 4.98 Å². The number of carbonyl (C=O) groups excluding carboxylic acids is 1. The number of nitrogens with zero attached hydrogens (tertiary/aromatic N) is 1. The molecular formula is C9H7NOS. The fourth-order valence-electron chi connectivity index (χ4n) is 1.13. The summed E-state index contributed by atoms with van der Waals surface area (Å²) in [6.07, 6.45) is 0.841. The van der Waals surface area contributed by atoms with Gasteiger partial charge in [0.1, 0.15) is 6.29 Å². The van der Waals surface area contributed by atoms with E-state index in [9.17, 15) is 4.79 Å². The van der Waals surface area contributed by atoms with Crippen LogP contribution >= 0.6 is 11.3 Å². The van der Waals surface area contributed by atoms with Crippen molar-refractivity contribution in [3.8, 4) is 0 Å². The maximum absolute atomic E-state index is 10.4. The molecule has 0 bridgehead atoms. The number of rotatable bonds is 1. The Kier molecular flexibility index (Phi) is 1.66. The van der Waals surface area contributed by atoms with Crippen LogP contribution < -0.4 is 0 Å². The van der Waals surface area contributed by atoms with E-state index >= 15 is 0 Å². The van der Waals surface area contributed by atoms with Crippen LogP contribution in [0.1, 0.15) is 15.4 Å². The van der Waals surface area contributed by atoms with Gasteiger partial charge in [0.05, 0.1) is 15.2 Å². The van der Waals surface area contributed by atoms with Crippen LogP contribution in [0.4, 0.5) is 0 Å². The molecule has 2 aromatic rings. The van der Waals surface area contributed by atoms with E-state index in [1.165, 1.54) is 0 Å². The van der Waals surface area contributed by atoms with Gasteiger partial charge in [-0.05, 0) is 19.1 Å². The van der Waals surface area contributed by atoms with Crippen molar-refractivity contribution in [2.75, 3.05) is 0 Å². The van der Waals surface area contributed by atoms with Crippen molar-refractivity contribution in [2.24, 2.45) is 0 Å². The Morgan fingerprint density at radius 1 is 1.50 bits per heavy atom. The zero-order valence-corrected chi connectivity index (χ0v) is 7.39. The third-order valence-electron chi connectivity index (χ3n) is 1.65. The summed E-state index contributed by atoms with van der Waals surface area (Å²) in [4.78, 5) is 14.7. The van der Waals surface area contributed by atoms with Crippen LogP contribution in [0.25, 0.3) is 10.2 Å². The number of aldehydes is 1. The minimum Gasteiger partial charge on any atom is -0.298 e. The molecule has 0 radical (unpaired) electrons. The third-order valence-corrected chi connectivity index (χ3v) is 2.61. The molecule has 0 aliphatic carbocycles. The topological polar surface area (TPSA) is 30.0 Å². The van der Waals surface area contributed by atoms with Crippen LogP contribution in [-0.2, 0) is 0 Å². The lowest BCUT2D eigenvalue weighted by atomic mass is 10.2. The second-order valence-electron chi connectivity index (χ2n) is 2.58. The molecule has 0 fully saturated rings. The first kappa shape index (κ1) is 7.43. The van der Waals surface area contributed by atoms with Gasteiger partial charge in [-0.1, -0.05) is 6.07 Å². The predicted octanol–water partition coefficient (Wildman–Crippen LogP) is 2.42. The summed E-state index contributed by atoms with van der Waals surface area (Å²) in [5, 5.41) is 1.04. The van der Waals surface area contributed by atoms with Crippen molar-refractivity contribution >= 4 is 27.8 Å². The zero-order chi connectivity index (χ0) is 8.55. The first-order valence-electron chi connectivity index (χ1n) is 3.62. The van der Waals surface area contributed by atoms with Gasteiger partial charge in [0, 0.05) is 5.56 Å². The Morgan fingerprint density at radius 3 is 3.08 bits per heavy atom. The molecule has 0 atom stereocenters. The molecule has 2 rings (SSSR count). The Morgan fingerprint density at radius 2 is 2.33 bits per heavy atom. The molecule has 0 amide bonds. The van der Waals surface area contributed by atoms with Crippen LogP contribution in [0.3, 0.4) is 0 Å². The minimum absolute atomic E-state index is 0.688. The van der Waals surface area contributed by atoms with E-state index in [-0.39, 0.29) is 0 Å². The van der Waals surface area contributed by atoms with Crippen LogP contribution in [0.5, 0.6) is 0 Å². The van der Waals surface area contributed by atoms with Gasteiger partial charge in [0.25, 0.3) is 0 Å². The summed E-state index contributed by atoms with van der Waals surface area (Å²) in [6.45, 7) is 1.96. The minimum atomic E-state index is 0.688. The molecule has 1 aromatic heterocycles. The molecule has 12 heavy (non-hydrogen) atoms. The van der Waals surface area contributed by atoms with Gasteiger partial charge < -0.3 is 0 Å². The largest absolute Gasteiger partial charge is 0.298 e. The number of thiazole rings is 1. The first-order valence-corrected chi connectivity index (χ1v) is 4.43. The molecule has 0 spiro atoms. The van der Waals surface area contributed by atoms with E-state index in [0.717, 1.165) is 21.5 Å². The molecule has 60 valence electrons. The van der Waals surface area contributed by atoms with Gasteiger partial charge >= 0.3 is 0 Å². The van der Waals surface area contributed by atoms with E-state index in [0.29, 0.717) is 5.56 Å². The van der Waals surface area contributed by atoms with Crippen LogP contribution in [0.2, 0.25) is 0 Å². The van der Waals surface area contributed by atoms with Crippen molar-refractivity contribution in [3.05, 3.63) is 28.8 Å². The fraction of sp³-hybridized carbons (Fsp3) is 0.111. The van der Waals surface area contributed by atoms with Crippen molar-refractivity contribution in [2.45, 2.75) is 6.92 Å².